The van der Waals surface area contributed by atoms with Crippen LogP contribution >= 0.6 is 0 Å². The van der Waals surface area contributed by atoms with E-state index in [0.29, 0.717) is 23.6 Å². The van der Waals surface area contributed by atoms with Crippen molar-refractivity contribution in [2.45, 2.75) is 13.8 Å². The van der Waals surface area contributed by atoms with E-state index in [2.05, 4.69) is 15.8 Å². The molecular weight excluding hydrogens is 306 g/mol. The highest BCUT2D eigenvalue weighted by Crippen LogP contribution is 2.15. The molecule has 0 aliphatic rings. The van der Waals surface area contributed by atoms with Crippen molar-refractivity contribution in [2.75, 3.05) is 11.9 Å². The molecule has 0 radical (unpaired) electrons. The van der Waals surface area contributed by atoms with Gasteiger partial charge in [-0.25, -0.2) is 5.43 Å². The number of para-hydroxylation sites is 1. The largest absolute Gasteiger partial charge is 0.493 e. The fraction of sp³-hybridized carbons (Fsp3) is 0.167. The third-order valence-corrected chi connectivity index (χ3v) is 3.03. The molecule has 2 aromatic carbocycles. The lowest BCUT2D eigenvalue weighted by Gasteiger charge is -2.06. The first-order valence-electron chi connectivity index (χ1n) is 7.53. The Morgan fingerprint density at radius 3 is 2.71 bits per heavy atom. The second-order valence-corrected chi connectivity index (χ2v) is 4.93. The van der Waals surface area contributed by atoms with E-state index >= 15 is 0 Å². The SMILES string of the molecule is CCOc1ccccc1/C=N\NC(=O)c1cccc(NC(C)=O)c1. The Morgan fingerprint density at radius 1 is 1.17 bits per heavy atom. The minimum absolute atomic E-state index is 0.196. The number of ether oxygens (including phenoxy) is 1. The molecule has 6 heteroatoms. The van der Waals surface area contributed by atoms with Crippen molar-refractivity contribution in [3.8, 4) is 5.75 Å². The maximum absolute atomic E-state index is 12.1. The average molecular weight is 325 g/mol. The lowest BCUT2D eigenvalue weighted by atomic mass is 10.2. The molecule has 0 saturated carbocycles. The van der Waals surface area contributed by atoms with Crippen LogP contribution in [0, 0.1) is 0 Å². The number of carbonyl (C=O) groups excluding carboxylic acids is 2. The molecule has 0 saturated heterocycles. The third kappa shape index (κ3) is 4.95. The molecule has 0 unspecified atom stereocenters. The number of carbonyl (C=O) groups is 2. The first-order chi connectivity index (χ1) is 11.6. The van der Waals surface area contributed by atoms with Gasteiger partial charge in [-0.1, -0.05) is 18.2 Å². The topological polar surface area (TPSA) is 79.8 Å². The Labute approximate surface area is 140 Å². The zero-order chi connectivity index (χ0) is 17.4. The summed E-state index contributed by atoms with van der Waals surface area (Å²) in [5.41, 5.74) is 4.19. The van der Waals surface area contributed by atoms with Crippen LogP contribution in [0.25, 0.3) is 0 Å². The predicted octanol–water partition coefficient (Wildman–Crippen LogP) is 2.81. The molecule has 0 spiro atoms. The number of anilines is 1. The molecular formula is C18H19N3O3. The van der Waals surface area contributed by atoms with Gasteiger partial charge in [-0.05, 0) is 37.3 Å². The van der Waals surface area contributed by atoms with Gasteiger partial charge in [0, 0.05) is 23.7 Å². The number of benzene rings is 2. The molecule has 0 atom stereocenters. The van der Waals surface area contributed by atoms with E-state index in [1.807, 2.05) is 31.2 Å². The molecule has 0 aromatic heterocycles. The van der Waals surface area contributed by atoms with Gasteiger partial charge in [-0.3, -0.25) is 9.59 Å². The Kier molecular flexibility index (Phi) is 6.08. The number of hydrogen-bond acceptors (Lipinski definition) is 4. The molecule has 2 rings (SSSR count). The van der Waals surface area contributed by atoms with Gasteiger partial charge in [-0.2, -0.15) is 5.10 Å². The highest BCUT2D eigenvalue weighted by molar-refractivity contribution is 5.97. The van der Waals surface area contributed by atoms with Crippen molar-refractivity contribution in [1.29, 1.82) is 0 Å². The van der Waals surface area contributed by atoms with Crippen LogP contribution in [0.2, 0.25) is 0 Å². The van der Waals surface area contributed by atoms with Gasteiger partial charge in [-0.15, -0.1) is 0 Å². The van der Waals surface area contributed by atoms with E-state index in [0.717, 1.165) is 5.56 Å². The van der Waals surface area contributed by atoms with Crippen molar-refractivity contribution in [3.63, 3.8) is 0 Å². The van der Waals surface area contributed by atoms with Crippen molar-refractivity contribution in [1.82, 2.24) is 5.43 Å². The van der Waals surface area contributed by atoms with Crippen LogP contribution in [0.1, 0.15) is 29.8 Å². The maximum Gasteiger partial charge on any atom is 0.271 e. The first-order valence-corrected chi connectivity index (χ1v) is 7.53. The molecule has 2 N–H and O–H groups in total. The smallest absolute Gasteiger partial charge is 0.271 e. The monoisotopic (exact) mass is 325 g/mol. The summed E-state index contributed by atoms with van der Waals surface area (Å²) in [5, 5.41) is 6.59. The summed E-state index contributed by atoms with van der Waals surface area (Å²) in [4.78, 5) is 23.2. The van der Waals surface area contributed by atoms with Crippen molar-refractivity contribution >= 4 is 23.7 Å². The normalized spacial score (nSPS) is 10.4. The highest BCUT2D eigenvalue weighted by atomic mass is 16.5. The summed E-state index contributed by atoms with van der Waals surface area (Å²) in [6, 6.07) is 14.0. The van der Waals surface area contributed by atoms with E-state index in [1.54, 1.807) is 24.3 Å². The molecule has 0 aliphatic heterocycles. The Bertz CT molecular complexity index is 757. The zero-order valence-corrected chi connectivity index (χ0v) is 13.6. The van der Waals surface area contributed by atoms with E-state index < -0.39 is 0 Å². The van der Waals surface area contributed by atoms with Crippen LogP contribution in [0.3, 0.4) is 0 Å². The molecule has 0 aliphatic carbocycles. The van der Waals surface area contributed by atoms with Crippen LogP contribution < -0.4 is 15.5 Å². The minimum Gasteiger partial charge on any atom is -0.493 e. The molecule has 0 heterocycles. The highest BCUT2D eigenvalue weighted by Gasteiger charge is 2.06. The lowest BCUT2D eigenvalue weighted by molar-refractivity contribution is -0.114. The van der Waals surface area contributed by atoms with Gasteiger partial charge in [0.05, 0.1) is 12.8 Å². The summed E-state index contributed by atoms with van der Waals surface area (Å²) < 4.78 is 5.49. The molecule has 0 bridgehead atoms. The molecule has 2 aromatic rings. The van der Waals surface area contributed by atoms with Gasteiger partial charge >= 0.3 is 0 Å². The first kappa shape index (κ1) is 17.2. The van der Waals surface area contributed by atoms with Crippen molar-refractivity contribution < 1.29 is 14.3 Å². The number of rotatable bonds is 6. The fourth-order valence-corrected chi connectivity index (χ4v) is 2.04. The predicted molar refractivity (Wildman–Crippen MR) is 93.4 cm³/mol. The van der Waals surface area contributed by atoms with E-state index in [1.165, 1.54) is 13.1 Å². The van der Waals surface area contributed by atoms with Crippen LogP contribution in [0.4, 0.5) is 5.69 Å². The summed E-state index contributed by atoms with van der Waals surface area (Å²) in [5.74, 6) is 0.135. The van der Waals surface area contributed by atoms with Crippen LogP contribution in [0.5, 0.6) is 5.75 Å². The van der Waals surface area contributed by atoms with Gasteiger partial charge in [0.2, 0.25) is 5.91 Å². The van der Waals surface area contributed by atoms with Gasteiger partial charge in [0.15, 0.2) is 0 Å². The number of nitrogens with one attached hydrogen (secondary N) is 2. The summed E-state index contributed by atoms with van der Waals surface area (Å²) in [6.45, 7) is 3.86. The molecule has 24 heavy (non-hydrogen) atoms. The maximum atomic E-state index is 12.1. The average Bonchev–Trinajstić information content (AvgIpc) is 2.56. The third-order valence-electron chi connectivity index (χ3n) is 3.03. The lowest BCUT2D eigenvalue weighted by Crippen LogP contribution is -2.18. The van der Waals surface area contributed by atoms with Gasteiger partial charge in [0.25, 0.3) is 5.91 Å². The number of hydrazone groups is 1. The van der Waals surface area contributed by atoms with Crippen LogP contribution in [-0.2, 0) is 4.79 Å². The minimum atomic E-state index is -0.368. The Morgan fingerprint density at radius 2 is 1.96 bits per heavy atom. The van der Waals surface area contributed by atoms with Gasteiger partial charge in [0.1, 0.15) is 5.75 Å². The fourth-order valence-electron chi connectivity index (χ4n) is 2.04. The summed E-state index contributed by atoms with van der Waals surface area (Å²) in [7, 11) is 0. The number of nitrogens with zero attached hydrogens (tertiary/aromatic N) is 1. The van der Waals surface area contributed by atoms with Gasteiger partial charge < -0.3 is 10.1 Å². The number of amides is 2. The second kappa shape index (κ2) is 8.47. The molecule has 0 fully saturated rings. The Balaban J connectivity index is 2.04. The molecule has 124 valence electrons. The van der Waals surface area contributed by atoms with E-state index in [9.17, 15) is 9.59 Å². The van der Waals surface area contributed by atoms with Crippen molar-refractivity contribution in [2.24, 2.45) is 5.10 Å². The van der Waals surface area contributed by atoms with E-state index in [-0.39, 0.29) is 11.8 Å². The summed E-state index contributed by atoms with van der Waals surface area (Å²) in [6.07, 6.45) is 1.53. The van der Waals surface area contributed by atoms with Crippen molar-refractivity contribution in [3.05, 3.63) is 59.7 Å². The Hall–Kier alpha value is -3.15. The molecule has 6 nitrogen and oxygen atoms in total. The zero-order valence-electron chi connectivity index (χ0n) is 13.6. The van der Waals surface area contributed by atoms with Crippen LogP contribution in [0.15, 0.2) is 53.6 Å². The second-order valence-electron chi connectivity index (χ2n) is 4.93. The molecule has 2 amide bonds. The number of hydrogen-bond donors (Lipinski definition) is 2. The summed E-state index contributed by atoms with van der Waals surface area (Å²) >= 11 is 0. The van der Waals surface area contributed by atoms with Crippen LogP contribution in [-0.4, -0.2) is 24.6 Å². The van der Waals surface area contributed by atoms with E-state index in [4.69, 9.17) is 4.74 Å². The standard InChI is InChI=1S/C18H19N3O3/c1-3-24-17-10-5-4-7-15(17)12-19-21-18(23)14-8-6-9-16(11-14)20-13(2)22/h4-12H,3H2,1-2H3,(H,20,22)(H,21,23)/b19-12-. The quantitative estimate of drug-likeness (QED) is 0.633.